The minimum absolute atomic E-state index is 0.0714. The lowest BCUT2D eigenvalue weighted by Gasteiger charge is -2.29. The van der Waals surface area contributed by atoms with E-state index < -0.39 is 12.2 Å². The Morgan fingerprint density at radius 2 is 2.05 bits per heavy atom. The summed E-state index contributed by atoms with van der Waals surface area (Å²) in [5, 5.41) is 20.5. The zero-order chi connectivity index (χ0) is 16.3. The van der Waals surface area contributed by atoms with Crippen LogP contribution in [0.4, 0.5) is 0 Å². The molecule has 0 aromatic carbocycles. The number of fused-ring (bicyclic) bond motifs is 2. The second-order valence-corrected chi connectivity index (χ2v) is 6.19. The van der Waals surface area contributed by atoms with Crippen molar-refractivity contribution < 1.29 is 24.5 Å². The van der Waals surface area contributed by atoms with Crippen molar-refractivity contribution in [1.82, 2.24) is 0 Å². The molecule has 1 saturated heterocycles. The van der Waals surface area contributed by atoms with Gasteiger partial charge in [0.2, 0.25) is 0 Å². The number of aliphatic hydroxyl groups is 2. The van der Waals surface area contributed by atoms with Gasteiger partial charge in [0.25, 0.3) is 0 Å². The molecule has 0 aromatic heterocycles. The van der Waals surface area contributed by atoms with Crippen LogP contribution in [0.2, 0.25) is 0 Å². The summed E-state index contributed by atoms with van der Waals surface area (Å²) in [5.41, 5.74) is 0.517. The van der Waals surface area contributed by atoms with Crippen LogP contribution in [0, 0.1) is 11.8 Å². The van der Waals surface area contributed by atoms with Crippen molar-refractivity contribution in [2.24, 2.45) is 11.8 Å². The molecule has 2 rings (SSSR count). The van der Waals surface area contributed by atoms with Gasteiger partial charge in [0.15, 0.2) is 0 Å². The molecule has 2 aliphatic rings. The Morgan fingerprint density at radius 1 is 1.36 bits per heavy atom. The number of rotatable bonds is 7. The molecule has 0 aliphatic carbocycles. The number of esters is 1. The van der Waals surface area contributed by atoms with Gasteiger partial charge in [-0.2, -0.15) is 0 Å². The standard InChI is InChI=1S/C17H26O5/c1-4-5-11(18)9-13(19)16-12(8-10(2)17(20)21-3)14-6-7-15(16)22-14/h6-8,11-16,18-19H,4-5,9H2,1-3H3/b10-8-/t11-,12+,13+,14+,15-,16-/m0/s1. The average Bonchev–Trinajstić information content (AvgIpc) is 3.07. The van der Waals surface area contributed by atoms with E-state index in [1.807, 2.05) is 25.2 Å². The Hall–Kier alpha value is -1.17. The third-order valence-corrected chi connectivity index (χ3v) is 4.54. The highest BCUT2D eigenvalue weighted by Gasteiger charge is 2.48. The number of carbonyl (C=O) groups excluding carboxylic acids is 1. The van der Waals surface area contributed by atoms with E-state index in [2.05, 4.69) is 0 Å². The smallest absolute Gasteiger partial charge is 0.333 e. The maximum absolute atomic E-state index is 11.6. The van der Waals surface area contributed by atoms with E-state index >= 15 is 0 Å². The fourth-order valence-electron chi connectivity index (χ4n) is 3.45. The third-order valence-electron chi connectivity index (χ3n) is 4.54. The fourth-order valence-corrected chi connectivity index (χ4v) is 3.45. The Balaban J connectivity index is 2.11. The number of hydrogen-bond donors (Lipinski definition) is 2. The molecule has 0 aromatic rings. The van der Waals surface area contributed by atoms with Crippen LogP contribution in [0.15, 0.2) is 23.8 Å². The minimum Gasteiger partial charge on any atom is -0.466 e. The van der Waals surface area contributed by atoms with Gasteiger partial charge in [0.05, 0.1) is 31.5 Å². The van der Waals surface area contributed by atoms with Crippen molar-refractivity contribution >= 4 is 5.97 Å². The second kappa shape index (κ2) is 7.40. The first-order chi connectivity index (χ1) is 10.5. The molecule has 0 amide bonds. The zero-order valence-corrected chi connectivity index (χ0v) is 13.4. The highest BCUT2D eigenvalue weighted by Crippen LogP contribution is 2.43. The first kappa shape index (κ1) is 17.2. The average molecular weight is 310 g/mol. The van der Waals surface area contributed by atoms with Gasteiger partial charge in [-0.25, -0.2) is 4.79 Å². The van der Waals surface area contributed by atoms with Crippen LogP contribution in [0.25, 0.3) is 0 Å². The van der Waals surface area contributed by atoms with Gasteiger partial charge < -0.3 is 19.7 Å². The molecule has 5 nitrogen and oxygen atoms in total. The molecule has 5 heteroatoms. The minimum atomic E-state index is -0.659. The van der Waals surface area contributed by atoms with Crippen LogP contribution in [-0.2, 0) is 14.3 Å². The monoisotopic (exact) mass is 310 g/mol. The van der Waals surface area contributed by atoms with E-state index in [1.54, 1.807) is 6.92 Å². The third kappa shape index (κ3) is 3.59. The summed E-state index contributed by atoms with van der Waals surface area (Å²) >= 11 is 0. The zero-order valence-electron chi connectivity index (χ0n) is 13.4. The van der Waals surface area contributed by atoms with Gasteiger partial charge in [0.1, 0.15) is 0 Å². The van der Waals surface area contributed by atoms with Crippen LogP contribution in [0.3, 0.4) is 0 Å². The summed E-state index contributed by atoms with van der Waals surface area (Å²) in [4.78, 5) is 11.6. The van der Waals surface area contributed by atoms with Crippen molar-refractivity contribution in [2.75, 3.05) is 7.11 Å². The van der Waals surface area contributed by atoms with Crippen molar-refractivity contribution in [1.29, 1.82) is 0 Å². The quantitative estimate of drug-likeness (QED) is 0.424. The molecule has 2 aliphatic heterocycles. The van der Waals surface area contributed by atoms with E-state index in [9.17, 15) is 15.0 Å². The van der Waals surface area contributed by atoms with Gasteiger partial charge >= 0.3 is 5.97 Å². The second-order valence-electron chi connectivity index (χ2n) is 6.19. The van der Waals surface area contributed by atoms with E-state index in [1.165, 1.54) is 7.11 Å². The Morgan fingerprint density at radius 3 is 2.68 bits per heavy atom. The van der Waals surface area contributed by atoms with E-state index in [-0.39, 0.29) is 30.0 Å². The van der Waals surface area contributed by atoms with Crippen LogP contribution < -0.4 is 0 Å². The van der Waals surface area contributed by atoms with Crippen molar-refractivity contribution in [2.45, 2.75) is 57.5 Å². The number of carbonyl (C=O) groups is 1. The lowest BCUT2D eigenvalue weighted by molar-refractivity contribution is -0.136. The summed E-state index contributed by atoms with van der Waals surface area (Å²) < 4.78 is 10.6. The molecule has 124 valence electrons. The molecular weight excluding hydrogens is 284 g/mol. The molecule has 2 N–H and O–H groups in total. The van der Waals surface area contributed by atoms with Crippen molar-refractivity contribution in [3.63, 3.8) is 0 Å². The van der Waals surface area contributed by atoms with Gasteiger partial charge in [-0.05, 0) is 19.8 Å². The van der Waals surface area contributed by atoms with Gasteiger partial charge in [0, 0.05) is 17.4 Å². The highest BCUT2D eigenvalue weighted by atomic mass is 16.5. The summed E-state index contributed by atoms with van der Waals surface area (Å²) in [6, 6.07) is 0. The molecule has 0 unspecified atom stereocenters. The molecule has 2 bridgehead atoms. The molecule has 22 heavy (non-hydrogen) atoms. The lowest BCUT2D eigenvalue weighted by atomic mass is 9.77. The maximum Gasteiger partial charge on any atom is 0.333 e. The van der Waals surface area contributed by atoms with Gasteiger partial charge in [-0.3, -0.25) is 0 Å². The van der Waals surface area contributed by atoms with Gasteiger partial charge in [-0.1, -0.05) is 31.6 Å². The Kier molecular flexibility index (Phi) is 5.78. The molecular formula is C17H26O5. The van der Waals surface area contributed by atoms with Crippen molar-refractivity contribution in [3.8, 4) is 0 Å². The number of aliphatic hydroxyl groups excluding tert-OH is 2. The van der Waals surface area contributed by atoms with Crippen LogP contribution in [0.1, 0.15) is 33.1 Å². The topological polar surface area (TPSA) is 76.0 Å². The van der Waals surface area contributed by atoms with Crippen LogP contribution in [-0.4, -0.2) is 47.7 Å². The summed E-state index contributed by atoms with van der Waals surface area (Å²) in [6.45, 7) is 3.71. The first-order valence-corrected chi connectivity index (χ1v) is 7.94. The lowest BCUT2D eigenvalue weighted by Crippen LogP contribution is -2.36. The molecule has 0 radical (unpaired) electrons. The SMILES string of the molecule is CCC[C@H](O)C[C@@H](O)[C@@H]1[C@H](/C=C(/C)C(=O)OC)[C@H]2C=C[C@@H]1O2. The molecule has 0 spiro atoms. The molecule has 2 heterocycles. The van der Waals surface area contributed by atoms with E-state index in [0.717, 1.165) is 6.42 Å². The van der Waals surface area contributed by atoms with E-state index in [4.69, 9.17) is 9.47 Å². The predicted molar refractivity (Wildman–Crippen MR) is 82.1 cm³/mol. The van der Waals surface area contributed by atoms with E-state index in [0.29, 0.717) is 18.4 Å². The fraction of sp³-hybridized carbons (Fsp3) is 0.706. The summed E-state index contributed by atoms with van der Waals surface area (Å²) in [5.74, 6) is -0.579. The molecule has 1 fully saturated rings. The largest absolute Gasteiger partial charge is 0.466 e. The number of ether oxygens (including phenoxy) is 2. The van der Waals surface area contributed by atoms with Crippen LogP contribution >= 0.6 is 0 Å². The summed E-state index contributed by atoms with van der Waals surface area (Å²) in [6.07, 6.45) is 6.23. The maximum atomic E-state index is 11.6. The van der Waals surface area contributed by atoms with Gasteiger partial charge in [-0.15, -0.1) is 0 Å². The van der Waals surface area contributed by atoms with Crippen molar-refractivity contribution in [3.05, 3.63) is 23.8 Å². The normalized spacial score (nSPS) is 33.0. The first-order valence-electron chi connectivity index (χ1n) is 7.94. The molecule has 0 saturated carbocycles. The number of methoxy groups -OCH3 is 1. The highest BCUT2D eigenvalue weighted by molar-refractivity contribution is 5.87. The summed E-state index contributed by atoms with van der Waals surface area (Å²) in [7, 11) is 1.35. The Bertz CT molecular complexity index is 456. The van der Waals surface area contributed by atoms with Crippen LogP contribution in [0.5, 0.6) is 0 Å². The number of hydrogen-bond acceptors (Lipinski definition) is 5. The predicted octanol–water partition coefficient (Wildman–Crippen LogP) is 1.59. The molecule has 6 atom stereocenters. The Labute approximate surface area is 131 Å².